The number of amides is 1. The lowest BCUT2D eigenvalue weighted by Crippen LogP contribution is -2.43. The molecule has 0 aliphatic rings. The molecule has 0 aromatic carbocycles. The van der Waals surface area contributed by atoms with Crippen LogP contribution in [0.2, 0.25) is 0 Å². The number of carbonyl (C=O) groups excluding carboxylic acids is 1. The van der Waals surface area contributed by atoms with Gasteiger partial charge in [0.1, 0.15) is 0 Å². The molecule has 0 aromatic rings. The highest BCUT2D eigenvalue weighted by atomic mass is 16.1. The summed E-state index contributed by atoms with van der Waals surface area (Å²) in [5.74, 6) is -0.304. The highest BCUT2D eigenvalue weighted by molar-refractivity contribution is 5.74. The number of nitrogens with two attached hydrogens (primary N) is 2. The van der Waals surface area contributed by atoms with Crippen LogP contribution in [0.5, 0.6) is 0 Å². The minimum absolute atomic E-state index is 0.0254. The summed E-state index contributed by atoms with van der Waals surface area (Å²) in [5.41, 5.74) is 10.5. The van der Waals surface area contributed by atoms with Crippen LogP contribution in [0.15, 0.2) is 0 Å². The molecular formula is C8H19N3O. The Hall–Kier alpha value is -0.610. The molecule has 0 aliphatic carbocycles. The van der Waals surface area contributed by atoms with E-state index in [9.17, 15) is 4.79 Å². The molecule has 2 atom stereocenters. The second kappa shape index (κ2) is 5.97. The van der Waals surface area contributed by atoms with E-state index in [1.807, 2.05) is 0 Å². The zero-order valence-electron chi connectivity index (χ0n) is 7.84. The van der Waals surface area contributed by atoms with Gasteiger partial charge in [0, 0.05) is 25.0 Å². The number of rotatable bonds is 6. The van der Waals surface area contributed by atoms with Gasteiger partial charge < -0.3 is 16.8 Å². The fourth-order valence-corrected chi connectivity index (χ4v) is 0.973. The van der Waals surface area contributed by atoms with E-state index in [1.165, 1.54) is 0 Å². The summed E-state index contributed by atoms with van der Waals surface area (Å²) in [7, 11) is 0. The summed E-state index contributed by atoms with van der Waals surface area (Å²) < 4.78 is 0. The fourth-order valence-electron chi connectivity index (χ4n) is 0.973. The van der Waals surface area contributed by atoms with E-state index in [4.69, 9.17) is 11.5 Å². The van der Waals surface area contributed by atoms with Gasteiger partial charge in [-0.05, 0) is 13.3 Å². The largest absolute Gasteiger partial charge is 0.370 e. The van der Waals surface area contributed by atoms with Crippen LogP contribution in [0.1, 0.15) is 26.7 Å². The van der Waals surface area contributed by atoms with Crippen molar-refractivity contribution in [1.29, 1.82) is 0 Å². The van der Waals surface area contributed by atoms with Crippen molar-refractivity contribution in [2.45, 2.75) is 38.8 Å². The van der Waals surface area contributed by atoms with Crippen LogP contribution < -0.4 is 16.8 Å². The maximum Gasteiger partial charge on any atom is 0.219 e. The minimum atomic E-state index is -0.304. The molecule has 0 rings (SSSR count). The van der Waals surface area contributed by atoms with Crippen molar-refractivity contribution in [2.24, 2.45) is 11.5 Å². The van der Waals surface area contributed by atoms with Crippen LogP contribution in [0.25, 0.3) is 0 Å². The quantitative estimate of drug-likeness (QED) is 0.510. The summed E-state index contributed by atoms with van der Waals surface area (Å²) in [6, 6.07) is 0.412. The molecule has 2 unspecified atom stereocenters. The van der Waals surface area contributed by atoms with Gasteiger partial charge >= 0.3 is 0 Å². The Morgan fingerprint density at radius 1 is 1.58 bits per heavy atom. The van der Waals surface area contributed by atoms with Gasteiger partial charge in [-0.3, -0.25) is 4.79 Å². The highest BCUT2D eigenvalue weighted by Crippen LogP contribution is 1.94. The maximum absolute atomic E-state index is 10.6. The average molecular weight is 173 g/mol. The Labute approximate surface area is 73.7 Å². The van der Waals surface area contributed by atoms with Gasteiger partial charge in [0.15, 0.2) is 0 Å². The molecule has 0 aromatic heterocycles. The lowest BCUT2D eigenvalue weighted by atomic mass is 10.1. The molecule has 0 spiro atoms. The Kier molecular flexibility index (Phi) is 5.66. The average Bonchev–Trinajstić information content (AvgIpc) is 2.02. The van der Waals surface area contributed by atoms with E-state index in [0.717, 1.165) is 6.42 Å². The lowest BCUT2D eigenvalue weighted by molar-refractivity contribution is -0.118. The topological polar surface area (TPSA) is 81.1 Å². The molecule has 0 fully saturated rings. The number of carbonyl (C=O) groups is 1. The molecular weight excluding hydrogens is 154 g/mol. The molecule has 72 valence electrons. The first-order chi connectivity index (χ1) is 5.60. The molecule has 0 saturated heterocycles. The van der Waals surface area contributed by atoms with Gasteiger partial charge in [0.2, 0.25) is 5.91 Å². The molecule has 0 saturated carbocycles. The number of hydrogen-bond donors (Lipinski definition) is 3. The predicted octanol–water partition coefficient (Wildman–Crippen LogP) is -0.423. The monoisotopic (exact) mass is 173 g/mol. The molecule has 5 N–H and O–H groups in total. The van der Waals surface area contributed by atoms with Crippen LogP contribution in [0.4, 0.5) is 0 Å². The Balaban J connectivity index is 3.74. The van der Waals surface area contributed by atoms with Crippen LogP contribution >= 0.6 is 0 Å². The van der Waals surface area contributed by atoms with E-state index in [0.29, 0.717) is 19.0 Å². The third-order valence-electron chi connectivity index (χ3n) is 1.86. The van der Waals surface area contributed by atoms with Gasteiger partial charge in [0.25, 0.3) is 0 Å². The van der Waals surface area contributed by atoms with Crippen LogP contribution in [-0.2, 0) is 4.79 Å². The first-order valence-electron chi connectivity index (χ1n) is 4.34. The third-order valence-corrected chi connectivity index (χ3v) is 1.86. The normalized spacial score (nSPS) is 15.6. The first kappa shape index (κ1) is 11.4. The Bertz CT molecular complexity index is 138. The fraction of sp³-hybridized carbons (Fsp3) is 0.875. The second-order valence-corrected chi connectivity index (χ2v) is 3.08. The Morgan fingerprint density at radius 2 is 2.17 bits per heavy atom. The van der Waals surface area contributed by atoms with Crippen molar-refractivity contribution >= 4 is 5.91 Å². The van der Waals surface area contributed by atoms with Crippen molar-refractivity contribution in [3.05, 3.63) is 0 Å². The molecule has 0 aliphatic heterocycles. The molecule has 4 nitrogen and oxygen atoms in total. The van der Waals surface area contributed by atoms with Gasteiger partial charge in [-0.2, -0.15) is 0 Å². The zero-order chi connectivity index (χ0) is 9.56. The van der Waals surface area contributed by atoms with E-state index in [1.54, 1.807) is 0 Å². The van der Waals surface area contributed by atoms with Crippen LogP contribution in [-0.4, -0.2) is 24.5 Å². The maximum atomic E-state index is 10.6. The number of nitrogens with one attached hydrogen (secondary N) is 1. The smallest absolute Gasteiger partial charge is 0.219 e. The molecule has 12 heavy (non-hydrogen) atoms. The highest BCUT2D eigenvalue weighted by Gasteiger charge is 2.11. The van der Waals surface area contributed by atoms with Crippen molar-refractivity contribution in [3.8, 4) is 0 Å². The minimum Gasteiger partial charge on any atom is -0.370 e. The summed E-state index contributed by atoms with van der Waals surface area (Å²) in [5, 5.41) is 3.22. The third kappa shape index (κ3) is 5.09. The second-order valence-electron chi connectivity index (χ2n) is 3.08. The summed E-state index contributed by atoms with van der Waals surface area (Å²) in [6.07, 6.45) is 1.34. The van der Waals surface area contributed by atoms with E-state index in [-0.39, 0.29) is 11.9 Å². The lowest BCUT2D eigenvalue weighted by Gasteiger charge is -2.19. The summed E-state index contributed by atoms with van der Waals surface area (Å²) in [4.78, 5) is 10.6. The number of hydrogen-bond acceptors (Lipinski definition) is 3. The molecule has 0 radical (unpaired) electrons. The standard InChI is InChI=1S/C8H19N3O/c1-3-6(2)11-7(5-9)4-8(10)12/h6-7,11H,3-5,9H2,1-2H3,(H2,10,12). The van der Waals surface area contributed by atoms with E-state index >= 15 is 0 Å². The van der Waals surface area contributed by atoms with Gasteiger partial charge in [-0.15, -0.1) is 0 Å². The predicted molar refractivity (Wildman–Crippen MR) is 49.5 cm³/mol. The van der Waals surface area contributed by atoms with E-state index in [2.05, 4.69) is 19.2 Å². The van der Waals surface area contributed by atoms with E-state index < -0.39 is 0 Å². The zero-order valence-corrected chi connectivity index (χ0v) is 7.84. The first-order valence-corrected chi connectivity index (χ1v) is 4.34. The van der Waals surface area contributed by atoms with Gasteiger partial charge in [-0.1, -0.05) is 6.92 Å². The SMILES string of the molecule is CCC(C)NC(CN)CC(N)=O. The van der Waals surface area contributed by atoms with Crippen molar-refractivity contribution < 1.29 is 4.79 Å². The molecule has 0 bridgehead atoms. The summed E-state index contributed by atoms with van der Waals surface area (Å²) in [6.45, 7) is 4.59. The molecule has 0 heterocycles. The number of primary amides is 1. The molecule has 4 heteroatoms. The Morgan fingerprint density at radius 3 is 2.50 bits per heavy atom. The van der Waals surface area contributed by atoms with Crippen molar-refractivity contribution in [1.82, 2.24) is 5.32 Å². The van der Waals surface area contributed by atoms with Gasteiger partial charge in [-0.25, -0.2) is 0 Å². The van der Waals surface area contributed by atoms with Gasteiger partial charge in [0.05, 0.1) is 0 Å². The van der Waals surface area contributed by atoms with Crippen molar-refractivity contribution in [2.75, 3.05) is 6.54 Å². The van der Waals surface area contributed by atoms with Crippen molar-refractivity contribution in [3.63, 3.8) is 0 Å². The van der Waals surface area contributed by atoms with Crippen LogP contribution in [0.3, 0.4) is 0 Å². The molecule has 1 amide bonds. The van der Waals surface area contributed by atoms with Crippen LogP contribution in [0, 0.1) is 0 Å². The summed E-state index contributed by atoms with van der Waals surface area (Å²) >= 11 is 0.